The highest BCUT2D eigenvalue weighted by Gasteiger charge is 2.63. The Hall–Kier alpha value is -4.19. The summed E-state index contributed by atoms with van der Waals surface area (Å²) in [6, 6.07) is 7.83. The standard InChI is InChI=1S/C32H37N3O8/c1-5-10-34-14-15-6-9-22(43-4)18(11-15)17-7-8-21(36)24-19(17)12-16-13-20-26(35(2)3)28(38)25(31(33)41)30(40)32(20,42)29(39)23(16)27(24)37/h6-9,11,16,20,26,34,36,38-39,42H,5,10,12-14H2,1-4H3,(H2,33,41)/t16-,20-,26-,32-/m0/s1. The van der Waals surface area contributed by atoms with E-state index in [1.165, 1.54) is 11.0 Å². The molecule has 0 aromatic heterocycles. The van der Waals surface area contributed by atoms with Gasteiger partial charge in [0.1, 0.15) is 28.6 Å². The molecule has 3 aliphatic rings. The lowest BCUT2D eigenvalue weighted by atomic mass is 9.58. The Morgan fingerprint density at radius 1 is 1.14 bits per heavy atom. The molecule has 0 bridgehead atoms. The maximum Gasteiger partial charge on any atom is 0.255 e. The van der Waals surface area contributed by atoms with Crippen molar-refractivity contribution in [2.75, 3.05) is 27.7 Å². The summed E-state index contributed by atoms with van der Waals surface area (Å²) < 4.78 is 5.67. The molecule has 0 saturated heterocycles. The number of hydrogen-bond donors (Lipinski definition) is 6. The normalized spacial score (nSPS) is 25.0. The minimum absolute atomic E-state index is 0.0129. The van der Waals surface area contributed by atoms with E-state index in [0.717, 1.165) is 24.1 Å². The number of allylic oxidation sites excluding steroid dienone is 1. The molecule has 2 aromatic rings. The molecule has 7 N–H and O–H groups in total. The zero-order valence-electron chi connectivity index (χ0n) is 24.6. The van der Waals surface area contributed by atoms with Crippen molar-refractivity contribution in [3.05, 3.63) is 69.7 Å². The zero-order valence-corrected chi connectivity index (χ0v) is 24.6. The summed E-state index contributed by atoms with van der Waals surface area (Å²) in [5.41, 5.74) is 4.56. The number of nitrogens with two attached hydrogens (primary N) is 1. The number of nitrogens with zero attached hydrogens (tertiary/aromatic N) is 1. The number of rotatable bonds is 8. The number of phenols is 1. The molecule has 3 aliphatic carbocycles. The summed E-state index contributed by atoms with van der Waals surface area (Å²) in [4.78, 5) is 41.3. The van der Waals surface area contributed by atoms with Gasteiger partial charge in [-0.1, -0.05) is 19.1 Å². The van der Waals surface area contributed by atoms with Crippen LogP contribution in [0.5, 0.6) is 11.5 Å². The second-order valence-corrected chi connectivity index (χ2v) is 11.7. The first kappa shape index (κ1) is 30.3. The number of nitrogens with one attached hydrogen (secondary N) is 1. The Morgan fingerprint density at radius 3 is 2.49 bits per heavy atom. The number of carbonyl (C=O) groups is 3. The van der Waals surface area contributed by atoms with Gasteiger partial charge < -0.3 is 36.2 Å². The average Bonchev–Trinajstić information content (AvgIpc) is 2.95. The van der Waals surface area contributed by atoms with Crippen molar-refractivity contribution in [1.82, 2.24) is 10.2 Å². The van der Waals surface area contributed by atoms with Crippen molar-refractivity contribution < 1.29 is 39.5 Å². The SMILES string of the molecule is CCCNCc1ccc(OC)c(-c2ccc(O)c3c2C[C@H]2C[C@H]4[C@H](N(C)C)C(O)=C(C(N)=O)C(=O)[C@@]4(O)C(O)=C2C3=O)c1. The number of hydrogen-bond acceptors (Lipinski definition) is 10. The molecule has 1 amide bonds. The van der Waals surface area contributed by atoms with Gasteiger partial charge in [-0.2, -0.15) is 0 Å². The van der Waals surface area contributed by atoms with Gasteiger partial charge in [-0.3, -0.25) is 19.3 Å². The Balaban J connectivity index is 1.68. The van der Waals surface area contributed by atoms with E-state index in [1.54, 1.807) is 27.3 Å². The van der Waals surface area contributed by atoms with E-state index in [2.05, 4.69) is 12.2 Å². The minimum Gasteiger partial charge on any atom is -0.510 e. The predicted molar refractivity (Wildman–Crippen MR) is 158 cm³/mol. The highest BCUT2D eigenvalue weighted by Crippen LogP contribution is 2.53. The van der Waals surface area contributed by atoms with Gasteiger partial charge in [0.2, 0.25) is 5.78 Å². The van der Waals surface area contributed by atoms with E-state index < -0.39 is 58.0 Å². The van der Waals surface area contributed by atoms with Gasteiger partial charge in [-0.15, -0.1) is 0 Å². The van der Waals surface area contributed by atoms with Crippen molar-refractivity contribution in [2.45, 2.75) is 44.4 Å². The molecule has 0 fully saturated rings. The summed E-state index contributed by atoms with van der Waals surface area (Å²) >= 11 is 0. The second kappa shape index (κ2) is 11.1. The molecular weight excluding hydrogens is 554 g/mol. The summed E-state index contributed by atoms with van der Waals surface area (Å²) in [5, 5.41) is 48.6. The Bertz CT molecular complexity index is 1590. The number of fused-ring (bicyclic) bond motifs is 3. The number of benzene rings is 2. The van der Waals surface area contributed by atoms with Gasteiger partial charge in [0.25, 0.3) is 5.91 Å². The third-order valence-electron chi connectivity index (χ3n) is 8.92. The molecule has 228 valence electrons. The molecule has 11 nitrogen and oxygen atoms in total. The van der Waals surface area contributed by atoms with Crippen LogP contribution in [0.15, 0.2) is 53.0 Å². The van der Waals surface area contributed by atoms with E-state index in [4.69, 9.17) is 10.5 Å². The number of likely N-dealkylation sites (N-methyl/N-ethyl adjacent to an activating group) is 1. The van der Waals surface area contributed by atoms with Crippen LogP contribution in [0.3, 0.4) is 0 Å². The van der Waals surface area contributed by atoms with Gasteiger partial charge >= 0.3 is 0 Å². The number of methoxy groups -OCH3 is 1. The van der Waals surface area contributed by atoms with Gasteiger partial charge in [0.15, 0.2) is 11.4 Å². The van der Waals surface area contributed by atoms with Crippen LogP contribution in [0, 0.1) is 11.8 Å². The quantitative estimate of drug-likeness (QED) is 0.197. The van der Waals surface area contributed by atoms with E-state index in [0.29, 0.717) is 23.4 Å². The van der Waals surface area contributed by atoms with Crippen LogP contribution in [0.4, 0.5) is 0 Å². The van der Waals surface area contributed by atoms with Crippen molar-refractivity contribution in [3.8, 4) is 22.6 Å². The van der Waals surface area contributed by atoms with Gasteiger partial charge in [0, 0.05) is 23.6 Å². The van der Waals surface area contributed by atoms with Crippen LogP contribution in [-0.2, 0) is 22.6 Å². The van der Waals surface area contributed by atoms with E-state index in [9.17, 15) is 34.8 Å². The van der Waals surface area contributed by atoms with Crippen molar-refractivity contribution >= 4 is 17.5 Å². The smallest absolute Gasteiger partial charge is 0.255 e. The number of Topliss-reactive ketones (excluding diaryl/α,β-unsaturated/α-hetero) is 2. The average molecular weight is 592 g/mol. The van der Waals surface area contributed by atoms with Gasteiger partial charge in [-0.25, -0.2) is 0 Å². The van der Waals surface area contributed by atoms with Crippen LogP contribution >= 0.6 is 0 Å². The topological polar surface area (TPSA) is 183 Å². The lowest BCUT2D eigenvalue weighted by Crippen LogP contribution is -2.63. The minimum atomic E-state index is -2.68. The summed E-state index contributed by atoms with van der Waals surface area (Å²) in [5.74, 6) is -6.26. The molecule has 0 radical (unpaired) electrons. The van der Waals surface area contributed by atoms with E-state index in [-0.39, 0.29) is 29.7 Å². The molecule has 4 atom stereocenters. The molecule has 43 heavy (non-hydrogen) atoms. The van der Waals surface area contributed by atoms with Gasteiger partial charge in [0.05, 0.1) is 18.7 Å². The maximum absolute atomic E-state index is 14.1. The van der Waals surface area contributed by atoms with Crippen molar-refractivity contribution in [2.24, 2.45) is 17.6 Å². The first-order chi connectivity index (χ1) is 20.4. The Kier molecular flexibility index (Phi) is 7.84. The number of ether oxygens (including phenoxy) is 1. The first-order valence-corrected chi connectivity index (χ1v) is 14.3. The molecule has 0 unspecified atom stereocenters. The van der Waals surface area contributed by atoms with Crippen molar-refractivity contribution in [1.29, 1.82) is 0 Å². The van der Waals surface area contributed by atoms with Crippen LogP contribution in [-0.4, -0.2) is 82.2 Å². The molecule has 2 aromatic carbocycles. The fourth-order valence-corrected chi connectivity index (χ4v) is 6.99. The lowest BCUT2D eigenvalue weighted by molar-refractivity contribution is -0.148. The van der Waals surface area contributed by atoms with Crippen LogP contribution < -0.4 is 15.8 Å². The van der Waals surface area contributed by atoms with Crippen LogP contribution in [0.25, 0.3) is 11.1 Å². The molecule has 0 heterocycles. The second-order valence-electron chi connectivity index (χ2n) is 11.7. The van der Waals surface area contributed by atoms with Crippen LogP contribution in [0.1, 0.15) is 41.3 Å². The summed E-state index contributed by atoms with van der Waals surface area (Å²) in [6.45, 7) is 3.55. The van der Waals surface area contributed by atoms with Crippen molar-refractivity contribution in [3.63, 3.8) is 0 Å². The number of ketones is 2. The number of amides is 1. The number of aliphatic hydroxyl groups excluding tert-OH is 2. The third-order valence-corrected chi connectivity index (χ3v) is 8.92. The monoisotopic (exact) mass is 591 g/mol. The molecule has 0 spiro atoms. The van der Waals surface area contributed by atoms with E-state index >= 15 is 0 Å². The third kappa shape index (κ3) is 4.59. The fourth-order valence-electron chi connectivity index (χ4n) is 6.99. The molecule has 0 saturated carbocycles. The molecular formula is C32H37N3O8. The summed E-state index contributed by atoms with van der Waals surface area (Å²) in [7, 11) is 4.74. The van der Waals surface area contributed by atoms with Gasteiger partial charge in [-0.05, 0) is 80.7 Å². The molecule has 5 rings (SSSR count). The largest absolute Gasteiger partial charge is 0.510 e. The number of carbonyl (C=O) groups excluding carboxylic acids is 3. The highest BCUT2D eigenvalue weighted by atomic mass is 16.5. The number of phenolic OH excluding ortho intramolecular Hbond substituents is 1. The summed E-state index contributed by atoms with van der Waals surface area (Å²) in [6.07, 6.45) is 1.17. The Labute approximate surface area is 249 Å². The predicted octanol–water partition coefficient (Wildman–Crippen LogP) is 2.30. The Morgan fingerprint density at radius 2 is 1.86 bits per heavy atom. The highest BCUT2D eigenvalue weighted by molar-refractivity contribution is 6.25. The fraction of sp³-hybridized carbons (Fsp3) is 0.406. The number of aromatic hydroxyl groups is 1. The van der Waals surface area contributed by atoms with E-state index in [1.807, 2.05) is 18.2 Å². The number of primary amides is 1. The van der Waals surface area contributed by atoms with Crippen LogP contribution in [0.2, 0.25) is 0 Å². The molecule has 11 heteroatoms. The molecule has 0 aliphatic heterocycles. The number of aliphatic hydroxyl groups is 3. The first-order valence-electron chi connectivity index (χ1n) is 14.3. The maximum atomic E-state index is 14.1. The lowest BCUT2D eigenvalue weighted by Gasteiger charge is -2.50. The zero-order chi connectivity index (χ0) is 31.4.